The molecule has 0 spiro atoms. The second kappa shape index (κ2) is 8.82. The van der Waals surface area contributed by atoms with E-state index in [1.807, 2.05) is 48.7 Å². The summed E-state index contributed by atoms with van der Waals surface area (Å²) in [4.78, 5) is 35.1. The van der Waals surface area contributed by atoms with E-state index >= 15 is 0 Å². The van der Waals surface area contributed by atoms with E-state index in [-0.39, 0.29) is 36.4 Å². The van der Waals surface area contributed by atoms with Crippen LogP contribution in [0.5, 0.6) is 0 Å². The molecule has 4 rings (SSSR count). The summed E-state index contributed by atoms with van der Waals surface area (Å²) in [6.07, 6.45) is 0.937. The number of likely N-dealkylation sites (tertiary alicyclic amines) is 1. The molecule has 0 bridgehead atoms. The van der Waals surface area contributed by atoms with Crippen LogP contribution in [0.3, 0.4) is 0 Å². The van der Waals surface area contributed by atoms with Crippen molar-refractivity contribution in [2.24, 2.45) is 0 Å². The molecule has 0 aliphatic carbocycles. The molecule has 0 saturated carbocycles. The van der Waals surface area contributed by atoms with E-state index in [9.17, 15) is 14.7 Å². The largest absolute Gasteiger partial charge is 0.465 e. The number of nitrogens with one attached hydrogen (secondary N) is 1. The average Bonchev–Trinajstić information content (AvgIpc) is 3.33. The van der Waals surface area contributed by atoms with Gasteiger partial charge in [0.1, 0.15) is 23.5 Å². The fourth-order valence-corrected chi connectivity index (χ4v) is 4.52. The molecule has 1 aliphatic rings. The molecule has 1 unspecified atom stereocenters. The number of nitrogens with zero attached hydrogens (tertiary/aromatic N) is 4. The molecular formula is C24H26N6O3. The minimum atomic E-state index is -0.978. The molecule has 3 atom stereocenters. The fourth-order valence-electron chi connectivity index (χ4n) is 4.52. The smallest absolute Gasteiger partial charge is 0.407 e. The minimum Gasteiger partial charge on any atom is -0.465 e. The predicted molar refractivity (Wildman–Crippen MR) is 125 cm³/mol. The lowest BCUT2D eigenvalue weighted by Gasteiger charge is -2.17. The van der Waals surface area contributed by atoms with Crippen molar-refractivity contribution in [2.45, 2.75) is 45.3 Å². The Labute approximate surface area is 191 Å². The van der Waals surface area contributed by atoms with Crippen LogP contribution in [0.25, 0.3) is 11.0 Å². The van der Waals surface area contributed by atoms with Crippen molar-refractivity contribution in [3.8, 4) is 11.8 Å². The molecule has 3 aromatic rings. The van der Waals surface area contributed by atoms with Gasteiger partial charge in [-0.05, 0) is 38.7 Å². The molecule has 1 aliphatic heterocycles. The van der Waals surface area contributed by atoms with Crippen LogP contribution in [-0.4, -0.2) is 49.1 Å². The maximum Gasteiger partial charge on any atom is 0.407 e. The summed E-state index contributed by atoms with van der Waals surface area (Å²) in [6, 6.07) is 8.97. The van der Waals surface area contributed by atoms with Gasteiger partial charge < -0.3 is 25.6 Å². The van der Waals surface area contributed by atoms with Gasteiger partial charge in [-0.15, -0.1) is 0 Å². The Morgan fingerprint density at radius 2 is 2.00 bits per heavy atom. The van der Waals surface area contributed by atoms with E-state index in [4.69, 9.17) is 5.73 Å². The van der Waals surface area contributed by atoms with Gasteiger partial charge in [0.15, 0.2) is 0 Å². The molecular weight excluding hydrogens is 420 g/mol. The highest BCUT2D eigenvalue weighted by Crippen LogP contribution is 2.36. The number of nitrogen functional groups attached to an aromatic ring is 1. The first-order valence-corrected chi connectivity index (χ1v) is 10.8. The third kappa shape index (κ3) is 3.96. The third-order valence-electron chi connectivity index (χ3n) is 6.09. The lowest BCUT2D eigenvalue weighted by atomic mass is 10.1. The van der Waals surface area contributed by atoms with E-state index in [0.717, 1.165) is 5.56 Å². The van der Waals surface area contributed by atoms with Crippen LogP contribution in [-0.2, 0) is 0 Å². The molecule has 0 radical (unpaired) electrons. The molecule has 9 heteroatoms. The Balaban J connectivity index is 1.84. The maximum atomic E-state index is 13.5. The molecule has 1 saturated heterocycles. The van der Waals surface area contributed by atoms with Crippen molar-refractivity contribution < 1.29 is 14.7 Å². The molecule has 2 amide bonds. The van der Waals surface area contributed by atoms with Crippen LogP contribution in [0.1, 0.15) is 60.9 Å². The van der Waals surface area contributed by atoms with Crippen LogP contribution in [0.15, 0.2) is 36.7 Å². The van der Waals surface area contributed by atoms with Gasteiger partial charge in [0.25, 0.3) is 5.91 Å². The first-order valence-electron chi connectivity index (χ1n) is 10.8. The Morgan fingerprint density at radius 1 is 1.27 bits per heavy atom. The average molecular weight is 447 g/mol. The fraction of sp³-hybridized carbons (Fsp3) is 0.333. The molecule has 2 aromatic heterocycles. The van der Waals surface area contributed by atoms with Gasteiger partial charge >= 0.3 is 6.09 Å². The van der Waals surface area contributed by atoms with E-state index in [2.05, 4.69) is 27.1 Å². The van der Waals surface area contributed by atoms with Crippen LogP contribution in [0, 0.1) is 11.8 Å². The highest BCUT2D eigenvalue weighted by molar-refractivity contribution is 6.12. The van der Waals surface area contributed by atoms with Crippen LogP contribution in [0.2, 0.25) is 0 Å². The second-order valence-corrected chi connectivity index (χ2v) is 8.21. The Kier molecular flexibility index (Phi) is 5.92. The number of amides is 2. The number of carboxylic acid groups (broad SMARTS) is 1. The van der Waals surface area contributed by atoms with Gasteiger partial charge in [-0.1, -0.05) is 36.3 Å². The minimum absolute atomic E-state index is 0.177. The van der Waals surface area contributed by atoms with Crippen LogP contribution in [0.4, 0.5) is 10.6 Å². The third-order valence-corrected chi connectivity index (χ3v) is 6.09. The van der Waals surface area contributed by atoms with Gasteiger partial charge in [0.2, 0.25) is 0 Å². The van der Waals surface area contributed by atoms with E-state index in [1.165, 1.54) is 11.2 Å². The topological polar surface area (TPSA) is 126 Å². The highest BCUT2D eigenvalue weighted by Gasteiger charge is 2.37. The Morgan fingerprint density at radius 3 is 2.64 bits per heavy atom. The normalized spacial score (nSPS) is 18.6. The van der Waals surface area contributed by atoms with Gasteiger partial charge in [0, 0.05) is 12.6 Å². The zero-order chi connectivity index (χ0) is 23.7. The summed E-state index contributed by atoms with van der Waals surface area (Å²) >= 11 is 0. The van der Waals surface area contributed by atoms with Gasteiger partial charge in [-0.2, -0.15) is 0 Å². The van der Waals surface area contributed by atoms with Gasteiger partial charge in [-0.25, -0.2) is 14.8 Å². The van der Waals surface area contributed by atoms with Crippen molar-refractivity contribution in [3.05, 3.63) is 53.5 Å². The highest BCUT2D eigenvalue weighted by atomic mass is 16.4. The molecule has 1 fully saturated rings. The van der Waals surface area contributed by atoms with Gasteiger partial charge in [-0.3, -0.25) is 4.79 Å². The Bertz CT molecular complexity index is 1270. The number of fused-ring (bicyclic) bond motifs is 1. The molecule has 4 N–H and O–H groups in total. The molecule has 3 heterocycles. The van der Waals surface area contributed by atoms with Crippen molar-refractivity contribution in [3.63, 3.8) is 0 Å². The number of anilines is 1. The quantitative estimate of drug-likeness (QED) is 0.529. The summed E-state index contributed by atoms with van der Waals surface area (Å²) in [5.41, 5.74) is 8.42. The summed E-state index contributed by atoms with van der Waals surface area (Å²) in [5.74, 6) is 5.78. The number of hydrogen-bond acceptors (Lipinski definition) is 5. The zero-order valence-electron chi connectivity index (χ0n) is 18.7. The SMILES string of the molecule is CC#Cc1c(C(=O)NC(C)c2ccccc2)c2c(N)ncnc2n1[C@@H]1C[C@H](C)N(C(=O)O)C1. The van der Waals surface area contributed by atoms with Gasteiger partial charge in [0.05, 0.1) is 23.0 Å². The number of rotatable bonds is 4. The zero-order valence-corrected chi connectivity index (χ0v) is 18.7. The monoisotopic (exact) mass is 446 g/mol. The van der Waals surface area contributed by atoms with Crippen molar-refractivity contribution in [1.29, 1.82) is 0 Å². The van der Waals surface area contributed by atoms with Crippen LogP contribution < -0.4 is 11.1 Å². The first-order chi connectivity index (χ1) is 15.8. The number of carbonyl (C=O) groups is 2. The van der Waals surface area contributed by atoms with Crippen molar-refractivity contribution in [1.82, 2.24) is 24.8 Å². The predicted octanol–water partition coefficient (Wildman–Crippen LogP) is 3.19. The van der Waals surface area contributed by atoms with E-state index < -0.39 is 6.09 Å². The second-order valence-electron chi connectivity index (χ2n) is 8.21. The molecule has 9 nitrogen and oxygen atoms in total. The molecule has 33 heavy (non-hydrogen) atoms. The lowest BCUT2D eigenvalue weighted by molar-refractivity contribution is 0.0940. The number of nitrogens with two attached hydrogens (primary N) is 1. The van der Waals surface area contributed by atoms with Crippen LogP contribution >= 0.6 is 0 Å². The van der Waals surface area contributed by atoms with E-state index in [1.54, 1.807) is 6.92 Å². The molecule has 170 valence electrons. The number of aromatic nitrogens is 3. The Hall–Kier alpha value is -4.06. The van der Waals surface area contributed by atoms with Crippen molar-refractivity contribution >= 4 is 28.9 Å². The summed E-state index contributed by atoms with van der Waals surface area (Å²) in [6.45, 7) is 5.72. The lowest BCUT2D eigenvalue weighted by Crippen LogP contribution is -2.32. The molecule has 1 aromatic carbocycles. The maximum absolute atomic E-state index is 13.5. The number of benzene rings is 1. The standard InChI is InChI=1S/C24H26N6O3/c1-4-8-18-19(23(31)28-15(3)16-9-6-5-7-10-16)20-21(25)26-13-27-22(20)30(18)17-11-14(2)29(12-17)24(32)33/h5-7,9-10,13-15,17H,11-12H2,1-3H3,(H,28,31)(H,32,33)(H2,25,26,27)/t14-,15?,17+/m0/s1. The summed E-state index contributed by atoms with van der Waals surface area (Å²) < 4.78 is 1.85. The van der Waals surface area contributed by atoms with E-state index in [0.29, 0.717) is 28.7 Å². The summed E-state index contributed by atoms with van der Waals surface area (Å²) in [7, 11) is 0. The first kappa shape index (κ1) is 22.1. The number of hydrogen-bond donors (Lipinski definition) is 3. The number of carbonyl (C=O) groups excluding carboxylic acids is 1. The summed E-state index contributed by atoms with van der Waals surface area (Å²) in [5, 5.41) is 13.0. The van der Waals surface area contributed by atoms with Crippen molar-refractivity contribution in [2.75, 3.05) is 12.3 Å².